The lowest BCUT2D eigenvalue weighted by molar-refractivity contribution is 0.0633. The van der Waals surface area contributed by atoms with Crippen LogP contribution in [-0.2, 0) is 6.54 Å². The van der Waals surface area contributed by atoms with Crippen molar-refractivity contribution < 1.29 is 4.79 Å². The van der Waals surface area contributed by atoms with Crippen LogP contribution in [0.5, 0.6) is 0 Å². The lowest BCUT2D eigenvalue weighted by Crippen LogP contribution is -2.48. The van der Waals surface area contributed by atoms with Crippen LogP contribution in [-0.4, -0.2) is 41.9 Å². The van der Waals surface area contributed by atoms with E-state index in [4.69, 9.17) is 0 Å². The van der Waals surface area contributed by atoms with E-state index in [2.05, 4.69) is 41.8 Å². The molecule has 1 saturated heterocycles. The highest BCUT2D eigenvalue weighted by molar-refractivity contribution is 7.80. The van der Waals surface area contributed by atoms with E-state index in [1.807, 2.05) is 22.4 Å². The van der Waals surface area contributed by atoms with E-state index in [1.54, 1.807) is 0 Å². The second-order valence-electron chi connectivity index (χ2n) is 5.22. The number of hydrogen-bond donors (Lipinski definition) is 1. The number of benzene rings is 1. The molecule has 0 aliphatic carbocycles. The molecule has 5 heteroatoms. The zero-order valence-corrected chi connectivity index (χ0v) is 13.4. The van der Waals surface area contributed by atoms with Gasteiger partial charge in [0.1, 0.15) is 0 Å². The van der Waals surface area contributed by atoms with Crippen molar-refractivity contribution >= 4 is 29.9 Å². The Hall–Kier alpha value is -1.30. The molecule has 0 bridgehead atoms. The van der Waals surface area contributed by atoms with Crippen LogP contribution in [0.1, 0.15) is 15.2 Å². The van der Waals surface area contributed by atoms with Crippen LogP contribution in [0.3, 0.4) is 0 Å². The van der Waals surface area contributed by atoms with Gasteiger partial charge in [-0.1, -0.05) is 30.3 Å². The van der Waals surface area contributed by atoms with E-state index in [1.165, 1.54) is 16.9 Å². The van der Waals surface area contributed by atoms with Crippen molar-refractivity contribution in [1.82, 2.24) is 9.80 Å². The fraction of sp³-hybridized carbons (Fsp3) is 0.312. The van der Waals surface area contributed by atoms with Gasteiger partial charge in [-0.05, 0) is 11.6 Å². The Labute approximate surface area is 134 Å². The van der Waals surface area contributed by atoms with Crippen molar-refractivity contribution in [3.63, 3.8) is 0 Å². The molecule has 110 valence electrons. The molecule has 1 fully saturated rings. The van der Waals surface area contributed by atoms with Crippen LogP contribution >= 0.6 is 24.0 Å². The number of carbonyl (C=O) groups is 1. The maximum absolute atomic E-state index is 12.4. The summed E-state index contributed by atoms with van der Waals surface area (Å²) in [5, 5.41) is 1.90. The average Bonchev–Trinajstić information content (AvgIpc) is 2.95. The molecule has 0 spiro atoms. The molecule has 3 nitrogen and oxygen atoms in total. The summed E-state index contributed by atoms with van der Waals surface area (Å²) in [6.07, 6.45) is 0. The Balaban J connectivity index is 1.54. The van der Waals surface area contributed by atoms with Gasteiger partial charge in [0.2, 0.25) is 0 Å². The largest absolute Gasteiger partial charge is 0.335 e. The van der Waals surface area contributed by atoms with Gasteiger partial charge in [0.05, 0.1) is 4.88 Å². The van der Waals surface area contributed by atoms with Crippen molar-refractivity contribution in [2.75, 3.05) is 26.2 Å². The first-order valence-corrected chi connectivity index (χ1v) is 8.38. The van der Waals surface area contributed by atoms with E-state index in [9.17, 15) is 4.79 Å². The molecule has 1 aromatic carbocycles. The number of piperazine rings is 1. The number of carbonyl (C=O) groups excluding carboxylic acids is 1. The van der Waals surface area contributed by atoms with Crippen molar-refractivity contribution in [2.24, 2.45) is 0 Å². The Morgan fingerprint density at radius 2 is 1.86 bits per heavy atom. The second kappa shape index (κ2) is 6.64. The smallest absolute Gasteiger partial charge is 0.264 e. The summed E-state index contributed by atoms with van der Waals surface area (Å²) in [5.74, 6) is 0.139. The predicted molar refractivity (Wildman–Crippen MR) is 89.2 cm³/mol. The molecule has 2 aromatic rings. The zero-order valence-electron chi connectivity index (χ0n) is 11.7. The number of rotatable bonds is 3. The molecule has 21 heavy (non-hydrogen) atoms. The number of nitrogens with zero attached hydrogens (tertiary/aromatic N) is 2. The highest BCUT2D eigenvalue weighted by atomic mass is 32.1. The molecule has 0 N–H and O–H groups in total. The topological polar surface area (TPSA) is 23.6 Å². The average molecular weight is 318 g/mol. The maximum atomic E-state index is 12.4. The van der Waals surface area contributed by atoms with Gasteiger partial charge >= 0.3 is 0 Å². The first kappa shape index (κ1) is 14.6. The van der Waals surface area contributed by atoms with Crippen molar-refractivity contribution in [3.05, 3.63) is 52.2 Å². The van der Waals surface area contributed by atoms with Gasteiger partial charge in [0.25, 0.3) is 5.91 Å². The third kappa shape index (κ3) is 3.67. The SMILES string of the molecule is O=C(c1cc(S)cs1)N1CCN(Cc2ccccc2)CC1. The number of hydrogen-bond acceptors (Lipinski definition) is 4. The second-order valence-corrected chi connectivity index (χ2v) is 6.65. The van der Waals surface area contributed by atoms with Crippen LogP contribution < -0.4 is 0 Å². The Morgan fingerprint density at radius 3 is 2.48 bits per heavy atom. The summed E-state index contributed by atoms with van der Waals surface area (Å²) in [6, 6.07) is 12.3. The molecule has 0 unspecified atom stereocenters. The van der Waals surface area contributed by atoms with E-state index >= 15 is 0 Å². The Kier molecular flexibility index (Phi) is 4.63. The summed E-state index contributed by atoms with van der Waals surface area (Å²) in [7, 11) is 0. The van der Waals surface area contributed by atoms with Crippen molar-refractivity contribution in [2.45, 2.75) is 11.4 Å². The minimum atomic E-state index is 0.139. The molecule has 0 atom stereocenters. The summed E-state index contributed by atoms with van der Waals surface area (Å²) >= 11 is 5.74. The van der Waals surface area contributed by atoms with Gasteiger partial charge in [0, 0.05) is 43.0 Å². The predicted octanol–water partition coefficient (Wildman–Crippen LogP) is 2.99. The van der Waals surface area contributed by atoms with Crippen LogP contribution in [0.4, 0.5) is 0 Å². The normalized spacial score (nSPS) is 16.1. The quantitative estimate of drug-likeness (QED) is 0.880. The van der Waals surface area contributed by atoms with Gasteiger partial charge in [-0.3, -0.25) is 9.69 Å². The van der Waals surface area contributed by atoms with E-state index in [-0.39, 0.29) is 5.91 Å². The summed E-state index contributed by atoms with van der Waals surface area (Å²) in [6.45, 7) is 4.42. The van der Waals surface area contributed by atoms with Gasteiger partial charge in [-0.25, -0.2) is 0 Å². The molecule has 1 amide bonds. The van der Waals surface area contributed by atoms with Gasteiger partial charge in [-0.2, -0.15) is 0 Å². The zero-order chi connectivity index (χ0) is 14.7. The van der Waals surface area contributed by atoms with Gasteiger partial charge in [0.15, 0.2) is 0 Å². The van der Waals surface area contributed by atoms with E-state index < -0.39 is 0 Å². The lowest BCUT2D eigenvalue weighted by Gasteiger charge is -2.34. The Morgan fingerprint density at radius 1 is 1.14 bits per heavy atom. The molecule has 1 aliphatic heterocycles. The molecular formula is C16H18N2OS2. The molecule has 0 saturated carbocycles. The minimum absolute atomic E-state index is 0.139. The summed E-state index contributed by atoms with van der Waals surface area (Å²) in [4.78, 5) is 18.4. The minimum Gasteiger partial charge on any atom is -0.335 e. The van der Waals surface area contributed by atoms with Gasteiger partial charge in [-0.15, -0.1) is 24.0 Å². The van der Waals surface area contributed by atoms with Crippen LogP contribution in [0.15, 0.2) is 46.7 Å². The third-order valence-corrected chi connectivity index (χ3v) is 5.06. The maximum Gasteiger partial charge on any atom is 0.264 e. The molecule has 3 rings (SSSR count). The standard InChI is InChI=1S/C16H18N2OS2/c19-16(15-10-14(20)12-21-15)18-8-6-17(7-9-18)11-13-4-2-1-3-5-13/h1-5,10,12,20H,6-9,11H2. The highest BCUT2D eigenvalue weighted by Crippen LogP contribution is 2.20. The molecular weight excluding hydrogens is 300 g/mol. The van der Waals surface area contributed by atoms with Crippen LogP contribution in [0, 0.1) is 0 Å². The molecule has 0 radical (unpaired) electrons. The Bertz CT molecular complexity index is 604. The van der Waals surface area contributed by atoms with Crippen molar-refractivity contribution in [3.8, 4) is 0 Å². The number of thiol groups is 1. The first-order valence-electron chi connectivity index (χ1n) is 7.05. The fourth-order valence-electron chi connectivity index (χ4n) is 2.54. The monoisotopic (exact) mass is 318 g/mol. The molecule has 2 heterocycles. The first-order chi connectivity index (χ1) is 10.2. The lowest BCUT2D eigenvalue weighted by atomic mass is 10.2. The van der Waals surface area contributed by atoms with E-state index in [0.717, 1.165) is 42.5 Å². The number of amides is 1. The molecule has 1 aliphatic rings. The summed E-state index contributed by atoms with van der Waals surface area (Å²) < 4.78 is 0. The number of thiophene rings is 1. The van der Waals surface area contributed by atoms with Crippen molar-refractivity contribution in [1.29, 1.82) is 0 Å². The summed E-state index contributed by atoms with van der Waals surface area (Å²) in [5.41, 5.74) is 1.33. The van der Waals surface area contributed by atoms with Crippen LogP contribution in [0.2, 0.25) is 0 Å². The van der Waals surface area contributed by atoms with E-state index in [0.29, 0.717) is 0 Å². The van der Waals surface area contributed by atoms with Gasteiger partial charge < -0.3 is 4.90 Å². The highest BCUT2D eigenvalue weighted by Gasteiger charge is 2.22. The molecule has 1 aromatic heterocycles. The third-order valence-electron chi connectivity index (χ3n) is 3.70. The van der Waals surface area contributed by atoms with Crippen LogP contribution in [0.25, 0.3) is 0 Å². The fourth-order valence-corrected chi connectivity index (χ4v) is 3.66.